The molecule has 0 amide bonds. The lowest BCUT2D eigenvalue weighted by Gasteiger charge is -1.69. The molecule has 1 N–H and O–H groups in total. The molecule has 0 aliphatic rings. The van der Waals surface area contributed by atoms with E-state index in [9.17, 15) is 0 Å². The molecule has 0 saturated heterocycles. The van der Waals surface area contributed by atoms with Gasteiger partial charge < -0.3 is 0 Å². The Kier molecular flexibility index (Phi) is 9.87. The van der Waals surface area contributed by atoms with E-state index in [4.69, 9.17) is 0 Å². The number of aromatic nitrogens is 3. The van der Waals surface area contributed by atoms with Gasteiger partial charge in [0.25, 0.3) is 0 Å². The molecule has 0 aliphatic heterocycles. The molecular formula is C3H8N5P3. The van der Waals surface area contributed by atoms with Crippen LogP contribution in [0.5, 0.6) is 0 Å². The number of hydrogen-bond donors (Lipinski definition) is 1. The molecule has 2 unspecified atom stereocenters. The van der Waals surface area contributed by atoms with Gasteiger partial charge in [-0.2, -0.15) is 0 Å². The maximum absolute atomic E-state index is 3.61. The van der Waals surface area contributed by atoms with Crippen LogP contribution in [0.2, 0.25) is 0 Å². The Balaban J connectivity index is 0.000000187. The van der Waals surface area contributed by atoms with Crippen molar-refractivity contribution < 1.29 is 0 Å². The fourth-order valence-electron chi connectivity index (χ4n) is 0.238. The Bertz CT molecular complexity index is 153. The van der Waals surface area contributed by atoms with Crippen molar-refractivity contribution >= 4 is 27.3 Å². The molecule has 1 heterocycles. The van der Waals surface area contributed by atoms with Crippen molar-refractivity contribution in [2.24, 2.45) is 4.52 Å². The standard InChI is InChI=1S/C3H3N3.H5N2P3/c1-2-4-6-5-3-1;3-1-5-2-4/h1-3H;3-4H2,(H,1,2). The Labute approximate surface area is 71.2 Å². The van der Waals surface area contributed by atoms with E-state index in [1.807, 2.05) is 0 Å². The summed E-state index contributed by atoms with van der Waals surface area (Å²) < 4.78 is 3.61. The molecule has 2 atom stereocenters. The van der Waals surface area contributed by atoms with Crippen LogP contribution in [0.15, 0.2) is 23.0 Å². The van der Waals surface area contributed by atoms with Crippen LogP contribution >= 0.6 is 27.3 Å². The second-order valence-corrected chi connectivity index (χ2v) is 3.31. The van der Waals surface area contributed by atoms with Crippen LogP contribution in [0.3, 0.4) is 0 Å². The lowest BCUT2D eigenvalue weighted by atomic mass is 10.7. The molecule has 0 spiro atoms. The van der Waals surface area contributed by atoms with Gasteiger partial charge in [0.2, 0.25) is 0 Å². The number of nitrogens with zero attached hydrogens (tertiary/aromatic N) is 4. The van der Waals surface area contributed by atoms with Crippen LogP contribution < -0.4 is 4.86 Å². The first kappa shape index (κ1) is 10.9. The zero-order valence-corrected chi connectivity index (χ0v) is 8.83. The molecule has 1 aromatic heterocycles. The van der Waals surface area contributed by atoms with E-state index in [-0.39, 0.29) is 0 Å². The van der Waals surface area contributed by atoms with Crippen molar-refractivity contribution in [2.75, 3.05) is 0 Å². The van der Waals surface area contributed by atoms with Crippen molar-refractivity contribution in [1.82, 2.24) is 20.3 Å². The average Bonchev–Trinajstić information content (AvgIpc) is 2.10. The van der Waals surface area contributed by atoms with E-state index >= 15 is 0 Å². The van der Waals surface area contributed by atoms with Crippen molar-refractivity contribution in [3.8, 4) is 0 Å². The first-order chi connectivity index (χ1) is 5.41. The highest BCUT2D eigenvalue weighted by atomic mass is 31.1. The monoisotopic (exact) mass is 207 g/mol. The van der Waals surface area contributed by atoms with Gasteiger partial charge in [-0.3, -0.25) is 0 Å². The smallest absolute Gasteiger partial charge is 0.0973 e. The molecule has 0 aromatic carbocycles. The lowest BCUT2D eigenvalue weighted by Crippen LogP contribution is -1.78. The number of rotatable bonds is 1. The highest BCUT2D eigenvalue weighted by molar-refractivity contribution is 7.41. The van der Waals surface area contributed by atoms with E-state index < -0.39 is 0 Å². The van der Waals surface area contributed by atoms with Gasteiger partial charge in [-0.1, -0.05) is 9.39 Å². The lowest BCUT2D eigenvalue weighted by molar-refractivity contribution is 0.865. The van der Waals surface area contributed by atoms with Gasteiger partial charge in [-0.25, -0.2) is 9.37 Å². The van der Waals surface area contributed by atoms with Crippen molar-refractivity contribution in [3.63, 3.8) is 0 Å². The van der Waals surface area contributed by atoms with Gasteiger partial charge in [0.1, 0.15) is 0 Å². The molecule has 0 saturated carbocycles. The molecule has 0 bridgehead atoms. The molecular weight excluding hydrogens is 199 g/mol. The van der Waals surface area contributed by atoms with Crippen LogP contribution in [0.4, 0.5) is 0 Å². The summed E-state index contributed by atoms with van der Waals surface area (Å²) in [5.74, 6) is 0. The minimum absolute atomic E-state index is 0.881. The molecule has 60 valence electrons. The molecule has 0 aliphatic carbocycles. The van der Waals surface area contributed by atoms with Crippen molar-refractivity contribution in [1.29, 1.82) is 0 Å². The molecule has 5 nitrogen and oxygen atoms in total. The third-order valence-corrected chi connectivity index (χ3v) is 1.45. The highest BCUT2D eigenvalue weighted by Crippen LogP contribution is 1.98. The molecule has 0 radical (unpaired) electrons. The Morgan fingerprint density at radius 2 is 2.00 bits per heavy atom. The van der Waals surface area contributed by atoms with Gasteiger partial charge in [0, 0.05) is 0 Å². The van der Waals surface area contributed by atoms with E-state index in [1.165, 1.54) is 0 Å². The van der Waals surface area contributed by atoms with Crippen molar-refractivity contribution in [3.05, 3.63) is 18.5 Å². The largest absolute Gasteiger partial charge is 0.239 e. The maximum Gasteiger partial charge on any atom is 0.0973 e. The third kappa shape index (κ3) is 9.93. The zero-order valence-electron chi connectivity index (χ0n) is 5.62. The van der Waals surface area contributed by atoms with Crippen LogP contribution in [0.1, 0.15) is 0 Å². The Morgan fingerprint density at radius 3 is 2.09 bits per heavy atom. The van der Waals surface area contributed by atoms with E-state index in [0.29, 0.717) is 0 Å². The summed E-state index contributed by atoms with van der Waals surface area (Å²) >= 11 is 0. The second kappa shape index (κ2) is 9.93. The molecule has 8 heteroatoms. The van der Waals surface area contributed by atoms with E-state index in [1.54, 1.807) is 18.5 Å². The van der Waals surface area contributed by atoms with Gasteiger partial charge in [0.05, 0.1) is 20.9 Å². The third-order valence-electron chi connectivity index (χ3n) is 0.524. The fraction of sp³-hybridized carbons (Fsp3) is 0. The Hall–Kier alpha value is -0.0700. The van der Waals surface area contributed by atoms with Crippen LogP contribution in [0, 0.1) is 0 Å². The highest BCUT2D eigenvalue weighted by Gasteiger charge is 1.60. The summed E-state index contributed by atoms with van der Waals surface area (Å²) in [4.78, 5) is 2.72. The van der Waals surface area contributed by atoms with Gasteiger partial charge in [-0.05, 0) is 20.7 Å². The van der Waals surface area contributed by atoms with E-state index in [2.05, 4.69) is 43.6 Å². The first-order valence-electron chi connectivity index (χ1n) is 2.55. The minimum Gasteiger partial charge on any atom is -0.239 e. The van der Waals surface area contributed by atoms with Crippen LogP contribution in [-0.4, -0.2) is 15.4 Å². The van der Waals surface area contributed by atoms with Gasteiger partial charge in [-0.15, -0.1) is 10.2 Å². The summed E-state index contributed by atoms with van der Waals surface area (Å²) in [5, 5.41) is 10.1. The minimum atomic E-state index is 0.881. The topological polar surface area (TPSA) is 63.1 Å². The predicted molar refractivity (Wildman–Crippen MR) is 51.7 cm³/mol. The SMILES string of the molecule is PN=PNP.c1cnnnc1. The summed E-state index contributed by atoms with van der Waals surface area (Å²) in [6.45, 7) is 0. The fourth-order valence-corrected chi connectivity index (χ4v) is 1.10. The summed E-state index contributed by atoms with van der Waals surface area (Å²) in [6.07, 6.45) is 3.15. The number of hydrogen-bond acceptors (Lipinski definition) is 4. The van der Waals surface area contributed by atoms with Gasteiger partial charge >= 0.3 is 0 Å². The summed E-state index contributed by atoms with van der Waals surface area (Å²) in [6, 6.07) is 1.72. The van der Waals surface area contributed by atoms with Crippen LogP contribution in [0.25, 0.3) is 0 Å². The van der Waals surface area contributed by atoms with E-state index in [0.717, 1.165) is 8.52 Å². The molecule has 11 heavy (non-hydrogen) atoms. The summed E-state index contributed by atoms with van der Waals surface area (Å²) in [7, 11) is 5.45. The number of nitrogens with one attached hydrogen (secondary N) is 1. The maximum atomic E-state index is 3.61. The quantitative estimate of drug-likeness (QED) is 0.699. The van der Waals surface area contributed by atoms with Crippen molar-refractivity contribution in [2.45, 2.75) is 0 Å². The molecule has 1 aromatic rings. The van der Waals surface area contributed by atoms with Crippen LogP contribution in [-0.2, 0) is 0 Å². The molecule has 1 rings (SSSR count). The molecule has 0 fully saturated rings. The summed E-state index contributed by atoms with van der Waals surface area (Å²) in [5.41, 5.74) is 0. The normalized spacial score (nSPS) is 8.91. The van der Waals surface area contributed by atoms with Gasteiger partial charge in [0.15, 0.2) is 0 Å². The first-order valence-corrected chi connectivity index (χ1v) is 4.49. The average molecular weight is 207 g/mol. The Morgan fingerprint density at radius 1 is 1.36 bits per heavy atom. The second-order valence-electron chi connectivity index (χ2n) is 1.16. The zero-order chi connectivity index (χ0) is 8.36. The predicted octanol–water partition coefficient (Wildman–Crippen LogP) is 1.07.